The lowest BCUT2D eigenvalue weighted by Gasteiger charge is -2.03. The van der Waals surface area contributed by atoms with Gasteiger partial charge in [-0.2, -0.15) is 0 Å². The van der Waals surface area contributed by atoms with Gasteiger partial charge in [0.05, 0.1) is 11.5 Å². The van der Waals surface area contributed by atoms with E-state index in [4.69, 9.17) is 9.15 Å². The van der Waals surface area contributed by atoms with Gasteiger partial charge in [0.2, 0.25) is 0 Å². The first kappa shape index (κ1) is 17.9. The second kappa shape index (κ2) is 7.13. The highest BCUT2D eigenvalue weighted by molar-refractivity contribution is 7.90. The van der Waals surface area contributed by atoms with Crippen molar-refractivity contribution >= 4 is 15.8 Å². The van der Waals surface area contributed by atoms with Gasteiger partial charge in [0, 0.05) is 17.4 Å². The third-order valence-electron chi connectivity index (χ3n) is 3.67. The summed E-state index contributed by atoms with van der Waals surface area (Å²) in [4.78, 5) is 16.5. The summed E-state index contributed by atoms with van der Waals surface area (Å²) in [5.74, 6) is -0.420. The average Bonchev–Trinajstić information content (AvgIpc) is 3.07. The Morgan fingerprint density at radius 2 is 1.69 bits per heavy atom. The summed E-state index contributed by atoms with van der Waals surface area (Å²) in [7, 11) is -3.30. The second-order valence-corrected chi connectivity index (χ2v) is 7.60. The molecule has 0 saturated heterocycles. The van der Waals surface area contributed by atoms with E-state index in [-0.39, 0.29) is 17.4 Å². The van der Waals surface area contributed by atoms with Crippen LogP contribution in [-0.2, 0) is 14.6 Å². The number of aromatic nitrogens is 1. The molecule has 1 heterocycles. The van der Waals surface area contributed by atoms with Crippen molar-refractivity contribution in [1.82, 2.24) is 4.98 Å². The number of oxazole rings is 1. The number of benzene rings is 2. The van der Waals surface area contributed by atoms with Gasteiger partial charge in [-0.3, -0.25) is 0 Å². The molecule has 0 aliphatic carbocycles. The molecule has 134 valence electrons. The zero-order chi connectivity index (χ0) is 18.7. The number of hydrogen-bond donors (Lipinski definition) is 0. The van der Waals surface area contributed by atoms with Crippen LogP contribution >= 0.6 is 0 Å². The fourth-order valence-electron chi connectivity index (χ4n) is 2.44. The third-order valence-corrected chi connectivity index (χ3v) is 4.80. The fourth-order valence-corrected chi connectivity index (χ4v) is 3.07. The minimum Gasteiger partial charge on any atom is -0.459 e. The summed E-state index contributed by atoms with van der Waals surface area (Å²) in [5, 5.41) is 0. The summed E-state index contributed by atoms with van der Waals surface area (Å²) in [6.07, 6.45) is 1.14. The predicted molar refractivity (Wildman–Crippen MR) is 96.4 cm³/mol. The molecule has 6 nitrogen and oxygen atoms in total. The number of ether oxygens (including phenoxy) is 1. The van der Waals surface area contributed by atoms with Crippen molar-refractivity contribution in [3.8, 4) is 22.6 Å². The Labute approximate surface area is 151 Å². The van der Waals surface area contributed by atoms with Crippen molar-refractivity contribution in [1.29, 1.82) is 0 Å². The average molecular weight is 371 g/mol. The molecule has 3 rings (SSSR count). The van der Waals surface area contributed by atoms with Crippen molar-refractivity contribution in [3.05, 3.63) is 60.5 Å². The SMILES string of the molecule is CCOC(=O)c1nc(-c2ccccc2)c(-c2ccc(S(C)(=O)=O)cc2)o1. The molecule has 0 amide bonds. The molecule has 3 aromatic rings. The van der Waals surface area contributed by atoms with Crippen LogP contribution in [0.5, 0.6) is 0 Å². The molecular formula is C19H17NO5S. The van der Waals surface area contributed by atoms with E-state index in [0.717, 1.165) is 11.8 Å². The van der Waals surface area contributed by atoms with E-state index in [0.29, 0.717) is 17.0 Å². The van der Waals surface area contributed by atoms with Gasteiger partial charge in [-0.25, -0.2) is 18.2 Å². The van der Waals surface area contributed by atoms with E-state index >= 15 is 0 Å². The van der Waals surface area contributed by atoms with Crippen molar-refractivity contribution < 1.29 is 22.4 Å². The molecule has 2 aromatic carbocycles. The number of nitrogens with zero attached hydrogens (tertiary/aromatic N) is 1. The zero-order valence-electron chi connectivity index (χ0n) is 14.3. The number of hydrogen-bond acceptors (Lipinski definition) is 6. The molecule has 0 spiro atoms. The summed E-state index contributed by atoms with van der Waals surface area (Å²) in [6, 6.07) is 15.5. The molecule has 1 aromatic heterocycles. The maximum atomic E-state index is 12.0. The van der Waals surface area contributed by atoms with Crippen LogP contribution in [-0.4, -0.2) is 32.2 Å². The maximum Gasteiger partial charge on any atom is 0.394 e. The molecule has 0 aliphatic rings. The molecular weight excluding hydrogens is 354 g/mol. The quantitative estimate of drug-likeness (QED) is 0.637. The molecule has 0 fully saturated rings. The molecule has 0 aliphatic heterocycles. The smallest absolute Gasteiger partial charge is 0.394 e. The Morgan fingerprint density at radius 3 is 2.27 bits per heavy atom. The van der Waals surface area contributed by atoms with Gasteiger partial charge < -0.3 is 9.15 Å². The number of esters is 1. The lowest BCUT2D eigenvalue weighted by atomic mass is 10.1. The van der Waals surface area contributed by atoms with Crippen LogP contribution in [0.25, 0.3) is 22.6 Å². The van der Waals surface area contributed by atoms with Gasteiger partial charge in [-0.1, -0.05) is 30.3 Å². The van der Waals surface area contributed by atoms with E-state index in [9.17, 15) is 13.2 Å². The highest BCUT2D eigenvalue weighted by atomic mass is 32.2. The number of rotatable bonds is 5. The first-order valence-corrected chi connectivity index (χ1v) is 9.83. The summed E-state index contributed by atoms with van der Waals surface area (Å²) in [6.45, 7) is 1.91. The Bertz CT molecular complexity index is 1020. The number of carbonyl (C=O) groups excluding carboxylic acids is 1. The maximum absolute atomic E-state index is 12.0. The summed E-state index contributed by atoms with van der Waals surface area (Å²) >= 11 is 0. The van der Waals surface area contributed by atoms with Crippen LogP contribution in [0.3, 0.4) is 0 Å². The molecule has 7 heteroatoms. The predicted octanol–water partition coefficient (Wildman–Crippen LogP) is 3.59. The van der Waals surface area contributed by atoms with E-state index < -0.39 is 15.8 Å². The molecule has 0 saturated carbocycles. The van der Waals surface area contributed by atoms with Gasteiger partial charge in [-0.05, 0) is 31.2 Å². The van der Waals surface area contributed by atoms with Gasteiger partial charge >= 0.3 is 11.9 Å². The van der Waals surface area contributed by atoms with E-state index in [1.807, 2.05) is 30.3 Å². The van der Waals surface area contributed by atoms with Crippen LogP contribution in [0.2, 0.25) is 0 Å². The monoisotopic (exact) mass is 371 g/mol. The van der Waals surface area contributed by atoms with Crippen molar-refractivity contribution in [2.45, 2.75) is 11.8 Å². The van der Waals surface area contributed by atoms with E-state index in [2.05, 4.69) is 4.98 Å². The molecule has 0 atom stereocenters. The fraction of sp³-hybridized carbons (Fsp3) is 0.158. The Morgan fingerprint density at radius 1 is 1.04 bits per heavy atom. The Hall–Kier alpha value is -2.93. The molecule has 0 N–H and O–H groups in total. The lowest BCUT2D eigenvalue weighted by Crippen LogP contribution is -2.04. The second-order valence-electron chi connectivity index (χ2n) is 5.58. The van der Waals surface area contributed by atoms with Gasteiger partial charge in [0.15, 0.2) is 15.6 Å². The first-order valence-electron chi connectivity index (χ1n) is 7.94. The summed E-state index contributed by atoms with van der Waals surface area (Å²) < 4.78 is 33.9. The van der Waals surface area contributed by atoms with Gasteiger partial charge in [0.1, 0.15) is 5.69 Å². The van der Waals surface area contributed by atoms with Gasteiger partial charge in [-0.15, -0.1) is 0 Å². The standard InChI is InChI=1S/C19H17NO5S/c1-3-24-19(21)18-20-16(13-7-5-4-6-8-13)17(25-18)14-9-11-15(12-10-14)26(2,22)23/h4-12H,3H2,1-2H3. The van der Waals surface area contributed by atoms with Crippen LogP contribution < -0.4 is 0 Å². The van der Waals surface area contributed by atoms with Crippen LogP contribution in [0.1, 0.15) is 17.6 Å². The van der Waals surface area contributed by atoms with E-state index in [1.165, 1.54) is 12.1 Å². The first-order chi connectivity index (χ1) is 12.4. The molecule has 26 heavy (non-hydrogen) atoms. The number of carbonyl (C=O) groups is 1. The van der Waals surface area contributed by atoms with Crippen LogP contribution in [0, 0.1) is 0 Å². The zero-order valence-corrected chi connectivity index (χ0v) is 15.1. The molecule has 0 radical (unpaired) electrons. The minimum absolute atomic E-state index is 0.145. The van der Waals surface area contributed by atoms with Crippen molar-refractivity contribution in [2.75, 3.05) is 12.9 Å². The van der Waals surface area contributed by atoms with Crippen LogP contribution in [0.4, 0.5) is 0 Å². The molecule has 0 unspecified atom stereocenters. The topological polar surface area (TPSA) is 86.5 Å². The Kier molecular flexibility index (Phi) is 4.90. The minimum atomic E-state index is -3.30. The molecule has 0 bridgehead atoms. The van der Waals surface area contributed by atoms with Gasteiger partial charge in [0.25, 0.3) is 0 Å². The largest absolute Gasteiger partial charge is 0.459 e. The summed E-state index contributed by atoms with van der Waals surface area (Å²) in [5.41, 5.74) is 1.87. The number of sulfone groups is 1. The van der Waals surface area contributed by atoms with Crippen LogP contribution in [0.15, 0.2) is 63.9 Å². The van der Waals surface area contributed by atoms with Crippen molar-refractivity contribution in [2.24, 2.45) is 0 Å². The normalized spacial score (nSPS) is 11.3. The van der Waals surface area contributed by atoms with Crippen molar-refractivity contribution in [3.63, 3.8) is 0 Å². The van der Waals surface area contributed by atoms with E-state index in [1.54, 1.807) is 19.1 Å². The third kappa shape index (κ3) is 3.67. The highest BCUT2D eigenvalue weighted by Gasteiger charge is 2.22. The Balaban J connectivity index is 2.11. The highest BCUT2D eigenvalue weighted by Crippen LogP contribution is 2.33. The lowest BCUT2D eigenvalue weighted by molar-refractivity contribution is 0.0482.